The van der Waals surface area contributed by atoms with E-state index in [1.54, 1.807) is 16.9 Å². The van der Waals surface area contributed by atoms with Gasteiger partial charge in [-0.15, -0.1) is 0 Å². The number of carbonyl (C=O) groups is 1. The van der Waals surface area contributed by atoms with Crippen molar-refractivity contribution >= 4 is 28.6 Å². The van der Waals surface area contributed by atoms with Crippen LogP contribution in [0.3, 0.4) is 0 Å². The van der Waals surface area contributed by atoms with Gasteiger partial charge in [-0.3, -0.25) is 4.79 Å². The third-order valence-corrected chi connectivity index (χ3v) is 3.76. The molecule has 0 aliphatic heterocycles. The third-order valence-electron chi connectivity index (χ3n) is 3.31. The van der Waals surface area contributed by atoms with Gasteiger partial charge in [-0.25, -0.2) is 4.52 Å². The lowest BCUT2D eigenvalue weighted by molar-refractivity contribution is 0.0928. The molecular formula is C13H16N4OS. The Morgan fingerprint density at radius 1 is 1.58 bits per heavy atom. The molecule has 0 saturated carbocycles. The summed E-state index contributed by atoms with van der Waals surface area (Å²) in [7, 11) is 0. The average Bonchev–Trinajstić information content (AvgIpc) is 2.82. The highest BCUT2D eigenvalue weighted by molar-refractivity contribution is 7.80. The summed E-state index contributed by atoms with van der Waals surface area (Å²) < 4.78 is 1.65. The van der Waals surface area contributed by atoms with Crippen LogP contribution in [-0.4, -0.2) is 26.0 Å². The Balaban J connectivity index is 2.32. The van der Waals surface area contributed by atoms with Crippen molar-refractivity contribution in [2.24, 2.45) is 5.73 Å². The normalized spacial score (nSPS) is 14.0. The Morgan fingerprint density at radius 2 is 2.32 bits per heavy atom. The van der Waals surface area contributed by atoms with Crippen LogP contribution in [0.15, 0.2) is 30.6 Å². The minimum absolute atomic E-state index is 0.224. The quantitative estimate of drug-likeness (QED) is 0.830. The van der Waals surface area contributed by atoms with Crippen LogP contribution in [-0.2, 0) is 0 Å². The van der Waals surface area contributed by atoms with Gasteiger partial charge >= 0.3 is 0 Å². The van der Waals surface area contributed by atoms with Crippen LogP contribution < -0.4 is 11.1 Å². The fourth-order valence-electron chi connectivity index (χ4n) is 1.75. The average molecular weight is 276 g/mol. The van der Waals surface area contributed by atoms with E-state index in [0.717, 1.165) is 5.52 Å². The Kier molecular flexibility index (Phi) is 3.53. The van der Waals surface area contributed by atoms with E-state index in [-0.39, 0.29) is 10.9 Å². The summed E-state index contributed by atoms with van der Waals surface area (Å²) in [5.74, 6) is -0.224. The molecule has 2 aromatic rings. The molecule has 2 rings (SSSR count). The van der Waals surface area contributed by atoms with Crippen LogP contribution in [0.4, 0.5) is 0 Å². The number of rotatable bonds is 4. The van der Waals surface area contributed by atoms with Gasteiger partial charge in [0, 0.05) is 6.20 Å². The van der Waals surface area contributed by atoms with Crippen LogP contribution in [0.25, 0.3) is 5.52 Å². The molecule has 3 N–H and O–H groups in total. The second-order valence-electron chi connectivity index (χ2n) is 4.59. The van der Waals surface area contributed by atoms with Crippen LogP contribution >= 0.6 is 12.2 Å². The number of fused-ring (bicyclic) bond motifs is 1. The Morgan fingerprint density at radius 3 is 2.95 bits per heavy atom. The minimum Gasteiger partial charge on any atom is -0.391 e. The number of pyridine rings is 1. The van der Waals surface area contributed by atoms with Crippen LogP contribution in [0.2, 0.25) is 0 Å². The monoisotopic (exact) mass is 276 g/mol. The highest BCUT2D eigenvalue weighted by atomic mass is 32.1. The number of thiocarbonyl (C=S) groups is 1. The largest absolute Gasteiger partial charge is 0.391 e. The first-order valence-electron chi connectivity index (χ1n) is 6.02. The smallest absolute Gasteiger partial charge is 0.255 e. The number of nitrogens with zero attached hydrogens (tertiary/aromatic N) is 2. The van der Waals surface area contributed by atoms with Crippen molar-refractivity contribution in [2.75, 3.05) is 0 Å². The van der Waals surface area contributed by atoms with Crippen molar-refractivity contribution in [3.8, 4) is 0 Å². The second kappa shape index (κ2) is 4.97. The lowest BCUT2D eigenvalue weighted by atomic mass is 9.98. The fraction of sp³-hybridized carbons (Fsp3) is 0.308. The van der Waals surface area contributed by atoms with Crippen molar-refractivity contribution in [3.05, 3.63) is 36.2 Å². The lowest BCUT2D eigenvalue weighted by Crippen LogP contribution is -2.54. The van der Waals surface area contributed by atoms with Gasteiger partial charge in [0.2, 0.25) is 0 Å². The number of nitrogens with two attached hydrogens (primary N) is 1. The third kappa shape index (κ3) is 2.44. The molecule has 0 fully saturated rings. The molecule has 0 aromatic carbocycles. The number of nitrogens with one attached hydrogen (secondary N) is 1. The van der Waals surface area contributed by atoms with Gasteiger partial charge in [-0.2, -0.15) is 5.10 Å². The van der Waals surface area contributed by atoms with Gasteiger partial charge < -0.3 is 11.1 Å². The summed E-state index contributed by atoms with van der Waals surface area (Å²) >= 11 is 5.02. The maximum atomic E-state index is 12.3. The topological polar surface area (TPSA) is 72.4 Å². The maximum absolute atomic E-state index is 12.3. The van der Waals surface area contributed by atoms with E-state index in [4.69, 9.17) is 18.0 Å². The summed E-state index contributed by atoms with van der Waals surface area (Å²) in [6.45, 7) is 3.74. The van der Waals surface area contributed by atoms with Crippen LogP contribution in [0.1, 0.15) is 30.6 Å². The first-order valence-corrected chi connectivity index (χ1v) is 6.43. The van der Waals surface area contributed by atoms with E-state index in [9.17, 15) is 4.79 Å². The van der Waals surface area contributed by atoms with Crippen molar-refractivity contribution in [1.82, 2.24) is 14.9 Å². The van der Waals surface area contributed by atoms with E-state index >= 15 is 0 Å². The van der Waals surface area contributed by atoms with Crippen molar-refractivity contribution < 1.29 is 4.79 Å². The van der Waals surface area contributed by atoms with Gasteiger partial charge in [-0.1, -0.05) is 25.2 Å². The van der Waals surface area contributed by atoms with Crippen molar-refractivity contribution in [2.45, 2.75) is 25.8 Å². The van der Waals surface area contributed by atoms with Gasteiger partial charge in [0.25, 0.3) is 5.91 Å². The maximum Gasteiger partial charge on any atom is 0.255 e. The van der Waals surface area contributed by atoms with Gasteiger partial charge in [-0.05, 0) is 25.5 Å². The molecule has 0 spiro atoms. The van der Waals surface area contributed by atoms with Gasteiger partial charge in [0.15, 0.2) is 0 Å². The number of carbonyl (C=O) groups excluding carboxylic acids is 1. The lowest BCUT2D eigenvalue weighted by Gasteiger charge is -2.28. The second-order valence-corrected chi connectivity index (χ2v) is 5.03. The first-order chi connectivity index (χ1) is 8.98. The molecule has 19 heavy (non-hydrogen) atoms. The number of aromatic nitrogens is 2. The molecule has 0 saturated heterocycles. The summed E-state index contributed by atoms with van der Waals surface area (Å²) in [5.41, 5.74) is 6.27. The minimum atomic E-state index is -0.685. The Hall–Kier alpha value is -1.95. The molecule has 2 heterocycles. The summed E-state index contributed by atoms with van der Waals surface area (Å²) in [6, 6.07) is 5.55. The molecule has 6 heteroatoms. The first kappa shape index (κ1) is 13.5. The highest BCUT2D eigenvalue weighted by Crippen LogP contribution is 2.14. The predicted molar refractivity (Wildman–Crippen MR) is 78.1 cm³/mol. The van der Waals surface area contributed by atoms with E-state index in [0.29, 0.717) is 12.0 Å². The molecule has 0 aliphatic rings. The van der Waals surface area contributed by atoms with E-state index in [2.05, 4.69) is 10.4 Å². The molecular weight excluding hydrogens is 260 g/mol. The van der Waals surface area contributed by atoms with Crippen molar-refractivity contribution in [3.63, 3.8) is 0 Å². The molecule has 0 radical (unpaired) electrons. The van der Waals surface area contributed by atoms with Gasteiger partial charge in [0.05, 0.1) is 27.8 Å². The standard InChI is InChI=1S/C13H16N4OS/c1-3-13(2,12(14)19)16-11(18)9-8-15-17-7-5-4-6-10(9)17/h4-8H,3H2,1-2H3,(H2,14,19)(H,16,18). The van der Waals surface area contributed by atoms with E-state index in [1.165, 1.54) is 0 Å². The van der Waals surface area contributed by atoms with Gasteiger partial charge in [0.1, 0.15) is 0 Å². The van der Waals surface area contributed by atoms with Crippen LogP contribution in [0.5, 0.6) is 0 Å². The number of amides is 1. The zero-order valence-corrected chi connectivity index (χ0v) is 11.7. The predicted octanol–water partition coefficient (Wildman–Crippen LogP) is 1.52. The zero-order chi connectivity index (χ0) is 14.0. The summed E-state index contributed by atoms with van der Waals surface area (Å²) in [6.07, 6.45) is 3.96. The molecule has 2 aromatic heterocycles. The molecule has 100 valence electrons. The molecule has 1 atom stereocenters. The number of hydrogen-bond donors (Lipinski definition) is 2. The van der Waals surface area contributed by atoms with E-state index in [1.807, 2.05) is 32.0 Å². The molecule has 0 aliphatic carbocycles. The van der Waals surface area contributed by atoms with E-state index < -0.39 is 5.54 Å². The molecule has 1 amide bonds. The summed E-state index contributed by atoms with van der Waals surface area (Å²) in [5, 5.41) is 7.01. The van der Waals surface area contributed by atoms with Crippen LogP contribution in [0, 0.1) is 0 Å². The SMILES string of the molecule is CCC(C)(NC(=O)c1cnn2ccccc12)C(N)=S. The fourth-order valence-corrected chi connectivity index (χ4v) is 1.95. The summed E-state index contributed by atoms with van der Waals surface area (Å²) in [4.78, 5) is 12.6. The Labute approximate surface area is 116 Å². The zero-order valence-electron chi connectivity index (χ0n) is 10.9. The Bertz CT molecular complexity index is 636. The molecule has 0 bridgehead atoms. The van der Waals surface area contributed by atoms with Crippen molar-refractivity contribution in [1.29, 1.82) is 0 Å². The molecule has 1 unspecified atom stereocenters. The molecule has 5 nitrogen and oxygen atoms in total. The highest BCUT2D eigenvalue weighted by Gasteiger charge is 2.28. The number of hydrogen-bond acceptors (Lipinski definition) is 3.